The molecule has 38 heavy (non-hydrogen) atoms. The fourth-order valence-electron chi connectivity index (χ4n) is 4.72. The predicted molar refractivity (Wildman–Crippen MR) is 170 cm³/mol. The van der Waals surface area contributed by atoms with E-state index < -0.39 is 8.32 Å². The summed E-state index contributed by atoms with van der Waals surface area (Å²) in [6.45, 7) is 27.5. The molecule has 0 bridgehead atoms. The van der Waals surface area contributed by atoms with Crippen molar-refractivity contribution in [2.75, 3.05) is 6.61 Å². The van der Waals surface area contributed by atoms with Crippen LogP contribution in [0, 0.1) is 0 Å². The Morgan fingerprint density at radius 2 is 1.32 bits per heavy atom. The van der Waals surface area contributed by atoms with Crippen LogP contribution in [-0.4, -0.2) is 37.3 Å². The van der Waals surface area contributed by atoms with Crippen molar-refractivity contribution in [3.05, 3.63) is 46.6 Å². The molecule has 0 aromatic rings. The molecule has 0 aromatic carbocycles. The van der Waals surface area contributed by atoms with Crippen LogP contribution in [0.5, 0.6) is 0 Å². The molecule has 4 heteroatoms. The van der Waals surface area contributed by atoms with E-state index in [9.17, 15) is 4.79 Å². The molecule has 3 nitrogen and oxygen atoms in total. The summed E-state index contributed by atoms with van der Waals surface area (Å²) >= 11 is 0. The Labute approximate surface area is 238 Å². The van der Waals surface area contributed by atoms with Crippen LogP contribution in [0.4, 0.5) is 0 Å². The van der Waals surface area contributed by atoms with Crippen LogP contribution in [-0.2, 0) is 9.22 Å². The zero-order valence-corrected chi connectivity index (χ0v) is 28.2. The molecule has 0 N–H and O–H groups in total. The van der Waals surface area contributed by atoms with Gasteiger partial charge in [0.2, 0.25) is 5.91 Å². The third kappa shape index (κ3) is 11.8. The number of carbonyl (C=O) groups is 1. The summed E-state index contributed by atoms with van der Waals surface area (Å²) in [6.07, 6.45) is 18.3. The second-order valence-corrected chi connectivity index (χ2v) is 18.7. The third-order valence-corrected chi connectivity index (χ3v) is 13.1. The van der Waals surface area contributed by atoms with Gasteiger partial charge in [0.05, 0.1) is 18.2 Å². The second-order valence-electron chi connectivity index (χ2n) is 13.9. The molecule has 0 radical (unpaired) electrons. The van der Waals surface area contributed by atoms with Gasteiger partial charge in [-0.1, -0.05) is 67.4 Å². The van der Waals surface area contributed by atoms with Crippen LogP contribution in [0.1, 0.15) is 127 Å². The summed E-state index contributed by atoms with van der Waals surface area (Å²) in [4.78, 5) is 15.5. The number of rotatable bonds is 16. The molecule has 218 valence electrons. The van der Waals surface area contributed by atoms with Gasteiger partial charge in [-0.15, -0.1) is 0 Å². The normalized spacial score (nSPS) is 20.4. The fraction of sp³-hybridized carbons (Fsp3) is 0.735. The Bertz CT molecular complexity index is 879. The van der Waals surface area contributed by atoms with Crippen molar-refractivity contribution >= 4 is 14.2 Å². The lowest BCUT2D eigenvalue weighted by molar-refractivity contribution is -0.127. The first kappa shape index (κ1) is 34.6. The fourth-order valence-corrected chi connectivity index (χ4v) is 5.73. The maximum atomic E-state index is 13.4. The molecule has 1 saturated heterocycles. The molecular weight excluding hydrogens is 482 g/mol. The van der Waals surface area contributed by atoms with Crippen molar-refractivity contribution in [1.82, 2.24) is 4.90 Å². The maximum absolute atomic E-state index is 13.4. The number of carbonyl (C=O) groups excluding carboxylic acids is 1. The standard InChI is InChI=1S/C34H61NO2Si/c1-27(2)18-15-21-29(5)20-13-14-24-32(36)35-31(26-37-38(11,12)33(7,8)9)34(35,10)25-17-23-30(6)22-16-19-28(3)4/h18-20,23,31H,13-17,21-22,24-26H2,1-12H3/b29-20+,30-23+/t31-,34-,35?/m1/s1. The van der Waals surface area contributed by atoms with Crippen LogP contribution in [0.2, 0.25) is 18.1 Å². The SMILES string of the molecule is CC(C)=CCC/C(C)=C/CCCC(=O)N1[C@H](CO[Si](C)(C)C(C)(C)C)[C@@]1(C)CC/C=C(\C)CCC=C(C)C. The molecule has 1 fully saturated rings. The molecule has 2 atom stereocenters. The average molecular weight is 544 g/mol. The van der Waals surface area contributed by atoms with Crippen molar-refractivity contribution in [3.8, 4) is 0 Å². The molecule has 1 amide bonds. The first-order valence-electron chi connectivity index (χ1n) is 15.1. The Morgan fingerprint density at radius 3 is 1.79 bits per heavy atom. The number of amides is 1. The first-order valence-corrected chi connectivity index (χ1v) is 18.0. The van der Waals surface area contributed by atoms with Gasteiger partial charge in [0, 0.05) is 6.42 Å². The molecule has 1 aliphatic rings. The van der Waals surface area contributed by atoms with Gasteiger partial charge in [-0.25, -0.2) is 0 Å². The number of hydrogen-bond donors (Lipinski definition) is 0. The van der Waals surface area contributed by atoms with Gasteiger partial charge in [-0.3, -0.25) is 4.79 Å². The van der Waals surface area contributed by atoms with E-state index in [2.05, 4.69) is 112 Å². The highest BCUT2D eigenvalue weighted by Crippen LogP contribution is 2.47. The molecule has 0 unspecified atom stereocenters. The zero-order valence-electron chi connectivity index (χ0n) is 27.2. The summed E-state index contributed by atoms with van der Waals surface area (Å²) in [5.74, 6) is 0.302. The van der Waals surface area contributed by atoms with E-state index in [0.29, 0.717) is 18.9 Å². The molecule has 1 heterocycles. The molecule has 0 spiro atoms. The Hall–Kier alpha value is -1.39. The van der Waals surface area contributed by atoms with Crippen molar-refractivity contribution in [2.45, 2.75) is 157 Å². The summed E-state index contributed by atoms with van der Waals surface area (Å²) in [7, 11) is -1.86. The smallest absolute Gasteiger partial charge is 0.223 e. The van der Waals surface area contributed by atoms with Gasteiger partial charge in [0.25, 0.3) is 0 Å². The predicted octanol–water partition coefficient (Wildman–Crippen LogP) is 10.3. The van der Waals surface area contributed by atoms with E-state index >= 15 is 0 Å². The molecule has 1 aliphatic heterocycles. The van der Waals surface area contributed by atoms with Gasteiger partial charge in [0.1, 0.15) is 0 Å². The summed E-state index contributed by atoms with van der Waals surface area (Å²) in [5.41, 5.74) is 5.55. The molecule has 1 rings (SSSR count). The van der Waals surface area contributed by atoms with E-state index in [4.69, 9.17) is 4.43 Å². The minimum absolute atomic E-state index is 0.0910. The van der Waals surface area contributed by atoms with E-state index in [1.165, 1.54) is 22.3 Å². The first-order chi connectivity index (χ1) is 17.5. The lowest BCUT2D eigenvalue weighted by Crippen LogP contribution is -2.42. The van der Waals surface area contributed by atoms with Gasteiger partial charge in [-0.05, 0) is 118 Å². The largest absolute Gasteiger partial charge is 0.415 e. The summed E-state index contributed by atoms with van der Waals surface area (Å²) in [5, 5.41) is 0.175. The minimum atomic E-state index is -1.86. The van der Waals surface area contributed by atoms with E-state index in [1.54, 1.807) is 0 Å². The molecule has 0 aromatic heterocycles. The van der Waals surface area contributed by atoms with Crippen LogP contribution in [0.25, 0.3) is 0 Å². The lowest BCUT2D eigenvalue weighted by Gasteiger charge is -2.36. The topological polar surface area (TPSA) is 29.3 Å². The Balaban J connectivity index is 2.76. The van der Waals surface area contributed by atoms with Crippen molar-refractivity contribution < 1.29 is 9.22 Å². The third-order valence-electron chi connectivity index (χ3n) is 8.60. The average Bonchev–Trinajstić information content (AvgIpc) is 3.37. The van der Waals surface area contributed by atoms with Gasteiger partial charge >= 0.3 is 0 Å². The molecule has 0 saturated carbocycles. The molecule has 0 aliphatic carbocycles. The number of nitrogens with zero attached hydrogens (tertiary/aromatic N) is 1. The van der Waals surface area contributed by atoms with Gasteiger partial charge < -0.3 is 9.33 Å². The Kier molecular flexibility index (Phi) is 14.0. The monoisotopic (exact) mass is 543 g/mol. The van der Waals surface area contributed by atoms with E-state index in [-0.39, 0.29) is 16.6 Å². The van der Waals surface area contributed by atoms with Crippen LogP contribution >= 0.6 is 0 Å². The lowest BCUT2D eigenvalue weighted by atomic mass is 9.99. The number of hydrogen-bond acceptors (Lipinski definition) is 2. The van der Waals surface area contributed by atoms with Crippen LogP contribution < -0.4 is 0 Å². The quantitative estimate of drug-likeness (QED) is 0.0838. The van der Waals surface area contributed by atoms with Crippen LogP contribution in [0.3, 0.4) is 0 Å². The summed E-state index contributed by atoms with van der Waals surface area (Å²) < 4.78 is 6.62. The second kappa shape index (κ2) is 15.4. The number of allylic oxidation sites excluding steroid dienone is 8. The highest BCUT2D eigenvalue weighted by Gasteiger charge is 2.61. The van der Waals surface area contributed by atoms with Crippen molar-refractivity contribution in [2.24, 2.45) is 0 Å². The summed E-state index contributed by atoms with van der Waals surface area (Å²) in [6, 6.07) is 0.199. The van der Waals surface area contributed by atoms with Gasteiger partial charge in [0.15, 0.2) is 8.32 Å². The maximum Gasteiger partial charge on any atom is 0.223 e. The van der Waals surface area contributed by atoms with Crippen LogP contribution in [0.15, 0.2) is 46.6 Å². The van der Waals surface area contributed by atoms with E-state index in [1.807, 2.05) is 0 Å². The van der Waals surface area contributed by atoms with Crippen molar-refractivity contribution in [3.63, 3.8) is 0 Å². The Morgan fingerprint density at radius 1 is 0.816 bits per heavy atom. The highest BCUT2D eigenvalue weighted by atomic mass is 28.4. The zero-order chi connectivity index (χ0) is 29.1. The number of unbranched alkanes of at least 4 members (excludes halogenated alkanes) is 1. The minimum Gasteiger partial charge on any atom is -0.415 e. The molecular formula is C34H61NO2Si. The van der Waals surface area contributed by atoms with Gasteiger partial charge in [-0.2, -0.15) is 0 Å². The van der Waals surface area contributed by atoms with E-state index in [0.717, 1.165) is 51.4 Å². The highest BCUT2D eigenvalue weighted by molar-refractivity contribution is 6.74. The van der Waals surface area contributed by atoms with Crippen molar-refractivity contribution in [1.29, 1.82) is 0 Å².